The maximum Gasteiger partial charge on any atom is 0.313 e. The molecular weight excluding hydrogens is 304 g/mol. The summed E-state index contributed by atoms with van der Waals surface area (Å²) in [6, 6.07) is 8.19. The van der Waals surface area contributed by atoms with E-state index in [0.717, 1.165) is 11.8 Å². The van der Waals surface area contributed by atoms with E-state index in [-0.39, 0.29) is 28.4 Å². The summed E-state index contributed by atoms with van der Waals surface area (Å²) in [6.07, 6.45) is 0.433. The first-order valence-corrected chi connectivity index (χ1v) is 7.52. The molecule has 2 aromatic rings. The largest absolute Gasteiger partial charge is 0.507 e. The average Bonchev–Trinajstić information content (AvgIpc) is 2.46. The minimum atomic E-state index is -1.00. The topological polar surface area (TPSA) is 94.8 Å². The van der Waals surface area contributed by atoms with Crippen LogP contribution in [0.3, 0.4) is 0 Å². The highest BCUT2D eigenvalue weighted by atomic mass is 32.2. The van der Waals surface area contributed by atoms with Gasteiger partial charge in [-0.1, -0.05) is 18.2 Å². The fourth-order valence-electron chi connectivity index (χ4n) is 2.60. The van der Waals surface area contributed by atoms with Gasteiger partial charge >= 0.3 is 5.97 Å². The molecule has 0 amide bonds. The van der Waals surface area contributed by atoms with Crippen molar-refractivity contribution < 1.29 is 24.9 Å². The molecule has 0 saturated carbocycles. The van der Waals surface area contributed by atoms with Crippen molar-refractivity contribution in [3.05, 3.63) is 52.6 Å². The lowest BCUT2D eigenvalue weighted by molar-refractivity contribution is -0.133. The summed E-state index contributed by atoms with van der Waals surface area (Å²) in [4.78, 5) is 23.6. The standard InChI is InChI=1S/C16H12O5S/c17-10-3-1-2-8-6-9-4-5-11(22-7-12(18)19)15(20)14(9)16(21)13(8)10/h1-5,17,20H,6-7H2,(H,18,19). The van der Waals surface area contributed by atoms with E-state index in [4.69, 9.17) is 5.11 Å². The first kappa shape index (κ1) is 14.5. The minimum Gasteiger partial charge on any atom is -0.507 e. The molecule has 1 aliphatic rings. The van der Waals surface area contributed by atoms with Crippen molar-refractivity contribution in [3.63, 3.8) is 0 Å². The van der Waals surface area contributed by atoms with E-state index in [2.05, 4.69) is 0 Å². The summed E-state index contributed by atoms with van der Waals surface area (Å²) in [6.45, 7) is 0. The van der Waals surface area contributed by atoms with Crippen LogP contribution in [0.2, 0.25) is 0 Å². The van der Waals surface area contributed by atoms with Crippen molar-refractivity contribution >= 4 is 23.5 Å². The van der Waals surface area contributed by atoms with Crippen molar-refractivity contribution in [2.45, 2.75) is 11.3 Å². The molecule has 6 heteroatoms. The number of carboxylic acids is 1. The Morgan fingerprint density at radius 2 is 1.82 bits per heavy atom. The molecule has 2 aromatic carbocycles. The predicted octanol–water partition coefficient (Wildman–Crippen LogP) is 2.41. The van der Waals surface area contributed by atoms with Crippen LogP contribution in [0.15, 0.2) is 35.2 Å². The van der Waals surface area contributed by atoms with Gasteiger partial charge in [-0.2, -0.15) is 0 Å². The molecule has 5 nitrogen and oxygen atoms in total. The molecular formula is C16H12O5S. The summed E-state index contributed by atoms with van der Waals surface area (Å²) in [5, 5.41) is 28.9. The SMILES string of the molecule is O=C(O)CSc1ccc2c(c1O)C(=O)c1c(O)cccc1C2. The maximum absolute atomic E-state index is 12.6. The number of benzene rings is 2. The number of carbonyl (C=O) groups excluding carboxylic acids is 1. The molecule has 0 radical (unpaired) electrons. The van der Waals surface area contributed by atoms with Crippen molar-refractivity contribution in [1.29, 1.82) is 0 Å². The zero-order chi connectivity index (χ0) is 15.9. The molecule has 0 saturated heterocycles. The lowest BCUT2D eigenvalue weighted by Crippen LogP contribution is -2.15. The molecule has 0 aromatic heterocycles. The van der Waals surface area contributed by atoms with E-state index in [9.17, 15) is 19.8 Å². The fourth-order valence-corrected chi connectivity index (χ4v) is 3.28. The Labute approximate surface area is 130 Å². The molecule has 0 unspecified atom stereocenters. The molecule has 3 N–H and O–H groups in total. The smallest absolute Gasteiger partial charge is 0.313 e. The second-order valence-corrected chi connectivity index (χ2v) is 5.96. The monoisotopic (exact) mass is 316 g/mol. The molecule has 0 aliphatic heterocycles. The molecule has 0 fully saturated rings. The molecule has 0 spiro atoms. The van der Waals surface area contributed by atoms with Gasteiger partial charge in [0.1, 0.15) is 11.5 Å². The van der Waals surface area contributed by atoms with E-state index in [1.165, 1.54) is 6.07 Å². The number of phenols is 2. The van der Waals surface area contributed by atoms with Gasteiger partial charge in [-0.3, -0.25) is 9.59 Å². The van der Waals surface area contributed by atoms with Crippen molar-refractivity contribution in [2.75, 3.05) is 5.75 Å². The highest BCUT2D eigenvalue weighted by Gasteiger charge is 2.29. The Morgan fingerprint density at radius 1 is 1.09 bits per heavy atom. The quantitative estimate of drug-likeness (QED) is 0.642. The third-order valence-electron chi connectivity index (χ3n) is 3.54. The second kappa shape index (κ2) is 5.38. The van der Waals surface area contributed by atoms with Crippen LogP contribution in [0.25, 0.3) is 0 Å². The highest BCUT2D eigenvalue weighted by Crippen LogP contribution is 2.40. The number of ketones is 1. The number of carbonyl (C=O) groups is 2. The number of aromatic hydroxyl groups is 2. The second-order valence-electron chi connectivity index (χ2n) is 4.95. The van der Waals surface area contributed by atoms with Gasteiger partial charge < -0.3 is 15.3 Å². The number of aliphatic carboxylic acids is 1. The van der Waals surface area contributed by atoms with Crippen LogP contribution in [0, 0.1) is 0 Å². The third-order valence-corrected chi connectivity index (χ3v) is 4.57. The number of hydrogen-bond acceptors (Lipinski definition) is 5. The lowest BCUT2D eigenvalue weighted by atomic mass is 9.84. The lowest BCUT2D eigenvalue weighted by Gasteiger charge is -2.21. The van der Waals surface area contributed by atoms with Gasteiger partial charge in [0.05, 0.1) is 21.8 Å². The van der Waals surface area contributed by atoms with E-state index in [0.29, 0.717) is 22.4 Å². The summed E-state index contributed by atoms with van der Waals surface area (Å²) in [5.41, 5.74) is 1.72. The Morgan fingerprint density at radius 3 is 2.55 bits per heavy atom. The summed E-state index contributed by atoms with van der Waals surface area (Å²) in [7, 11) is 0. The van der Waals surface area contributed by atoms with Crippen LogP contribution in [-0.4, -0.2) is 32.8 Å². The Hall–Kier alpha value is -2.47. The zero-order valence-corrected chi connectivity index (χ0v) is 12.2. The predicted molar refractivity (Wildman–Crippen MR) is 80.8 cm³/mol. The Balaban J connectivity index is 2.08. The molecule has 112 valence electrons. The zero-order valence-electron chi connectivity index (χ0n) is 11.4. The molecule has 0 heterocycles. The van der Waals surface area contributed by atoms with Crippen LogP contribution < -0.4 is 0 Å². The fraction of sp³-hybridized carbons (Fsp3) is 0.125. The maximum atomic E-state index is 12.6. The minimum absolute atomic E-state index is 0.115. The van der Waals surface area contributed by atoms with Crippen LogP contribution >= 0.6 is 11.8 Å². The first-order chi connectivity index (χ1) is 10.5. The van der Waals surface area contributed by atoms with Crippen LogP contribution in [0.5, 0.6) is 11.5 Å². The van der Waals surface area contributed by atoms with E-state index >= 15 is 0 Å². The van der Waals surface area contributed by atoms with Gasteiger partial charge in [0.2, 0.25) is 5.78 Å². The number of carboxylic acid groups (broad SMARTS) is 1. The number of rotatable bonds is 3. The van der Waals surface area contributed by atoms with Crippen LogP contribution in [0.4, 0.5) is 0 Å². The summed E-state index contributed by atoms with van der Waals surface area (Å²) in [5.74, 6) is -1.98. The molecule has 3 rings (SSSR count). The van der Waals surface area contributed by atoms with Gasteiger partial charge in [0, 0.05) is 0 Å². The number of phenolic OH excluding ortho intramolecular Hbond substituents is 2. The normalized spacial score (nSPS) is 12.6. The van der Waals surface area contributed by atoms with Gasteiger partial charge in [0.15, 0.2) is 0 Å². The van der Waals surface area contributed by atoms with Gasteiger partial charge in [-0.05, 0) is 29.7 Å². The summed E-state index contributed by atoms with van der Waals surface area (Å²) < 4.78 is 0. The van der Waals surface area contributed by atoms with Crippen molar-refractivity contribution in [1.82, 2.24) is 0 Å². The van der Waals surface area contributed by atoms with E-state index in [1.807, 2.05) is 0 Å². The van der Waals surface area contributed by atoms with Crippen LogP contribution in [0.1, 0.15) is 27.0 Å². The van der Waals surface area contributed by atoms with Crippen molar-refractivity contribution in [2.24, 2.45) is 0 Å². The average molecular weight is 316 g/mol. The number of thioether (sulfide) groups is 1. The van der Waals surface area contributed by atoms with Crippen molar-refractivity contribution in [3.8, 4) is 11.5 Å². The molecule has 22 heavy (non-hydrogen) atoms. The molecule has 0 atom stereocenters. The van der Waals surface area contributed by atoms with Crippen LogP contribution in [-0.2, 0) is 11.2 Å². The number of hydrogen-bond donors (Lipinski definition) is 3. The van der Waals surface area contributed by atoms with Gasteiger partial charge in [0.25, 0.3) is 0 Å². The van der Waals surface area contributed by atoms with Gasteiger partial charge in [-0.15, -0.1) is 11.8 Å². The van der Waals surface area contributed by atoms with E-state index in [1.54, 1.807) is 24.3 Å². The highest BCUT2D eigenvalue weighted by molar-refractivity contribution is 8.00. The van der Waals surface area contributed by atoms with E-state index < -0.39 is 11.8 Å². The summed E-state index contributed by atoms with van der Waals surface area (Å²) >= 11 is 0.951. The number of fused-ring (bicyclic) bond motifs is 2. The Bertz CT molecular complexity index is 797. The third kappa shape index (κ3) is 2.31. The molecule has 1 aliphatic carbocycles. The Kier molecular flexibility index (Phi) is 3.54. The first-order valence-electron chi connectivity index (χ1n) is 6.54. The van der Waals surface area contributed by atoms with Gasteiger partial charge in [-0.25, -0.2) is 0 Å². The molecule has 0 bridgehead atoms.